The van der Waals surface area contributed by atoms with Crippen LogP contribution in [0.25, 0.3) is 5.57 Å². The van der Waals surface area contributed by atoms with E-state index < -0.39 is 5.97 Å². The minimum Gasteiger partial charge on any atom is -0.478 e. The van der Waals surface area contributed by atoms with Crippen molar-refractivity contribution in [3.8, 4) is 0 Å². The molecule has 17 heavy (non-hydrogen) atoms. The predicted molar refractivity (Wildman–Crippen MR) is 71.0 cm³/mol. The van der Waals surface area contributed by atoms with Gasteiger partial charge in [-0.2, -0.15) is 0 Å². The van der Waals surface area contributed by atoms with Crippen LogP contribution in [-0.2, 0) is 11.2 Å². The summed E-state index contributed by atoms with van der Waals surface area (Å²) in [6, 6.07) is 8.17. The Morgan fingerprint density at radius 1 is 1.24 bits per heavy atom. The topological polar surface area (TPSA) is 37.3 Å². The second-order valence-electron chi connectivity index (χ2n) is 4.32. The van der Waals surface area contributed by atoms with Crippen molar-refractivity contribution < 1.29 is 9.90 Å². The average Bonchev–Trinajstić information content (AvgIpc) is 2.29. The van der Waals surface area contributed by atoms with Crippen molar-refractivity contribution in [3.05, 3.63) is 41.5 Å². The summed E-state index contributed by atoms with van der Waals surface area (Å²) < 4.78 is 0. The molecule has 0 fully saturated rings. The molecular weight excluding hydrogens is 212 g/mol. The molecule has 0 amide bonds. The monoisotopic (exact) mass is 232 g/mol. The fraction of sp³-hybridized carbons (Fsp3) is 0.400. The van der Waals surface area contributed by atoms with E-state index in [4.69, 9.17) is 5.11 Å². The summed E-state index contributed by atoms with van der Waals surface area (Å²) in [6.07, 6.45) is 6.07. The van der Waals surface area contributed by atoms with Gasteiger partial charge in [0.15, 0.2) is 0 Å². The smallest absolute Gasteiger partial charge is 0.328 e. The van der Waals surface area contributed by atoms with Crippen LogP contribution in [0.1, 0.15) is 44.2 Å². The third kappa shape index (κ3) is 4.85. The van der Waals surface area contributed by atoms with E-state index in [1.165, 1.54) is 30.9 Å². The molecule has 0 aliphatic carbocycles. The number of aliphatic carboxylic acids is 1. The Balaban J connectivity index is 2.64. The second kappa shape index (κ2) is 6.89. The Morgan fingerprint density at radius 3 is 2.41 bits per heavy atom. The fourth-order valence-corrected chi connectivity index (χ4v) is 1.78. The van der Waals surface area contributed by atoms with E-state index in [0.717, 1.165) is 17.6 Å². The number of carboxylic acids is 1. The number of aryl methyl sites for hydroxylation is 1. The van der Waals surface area contributed by atoms with Gasteiger partial charge in [-0.1, -0.05) is 44.0 Å². The van der Waals surface area contributed by atoms with Crippen LogP contribution in [-0.4, -0.2) is 11.1 Å². The van der Waals surface area contributed by atoms with Crippen molar-refractivity contribution in [2.75, 3.05) is 0 Å². The second-order valence-corrected chi connectivity index (χ2v) is 4.32. The SMILES string of the molecule is CCCCCc1ccc(/C(C)=C\C(=O)O)cc1. The van der Waals surface area contributed by atoms with Crippen LogP contribution in [0.3, 0.4) is 0 Å². The molecule has 1 aromatic rings. The van der Waals surface area contributed by atoms with Crippen LogP contribution in [0.5, 0.6) is 0 Å². The minimum atomic E-state index is -0.894. The van der Waals surface area contributed by atoms with E-state index in [0.29, 0.717) is 0 Å². The van der Waals surface area contributed by atoms with Crippen molar-refractivity contribution >= 4 is 11.5 Å². The first-order chi connectivity index (χ1) is 8.13. The maximum atomic E-state index is 10.5. The Morgan fingerprint density at radius 2 is 1.88 bits per heavy atom. The summed E-state index contributed by atoms with van der Waals surface area (Å²) in [5.74, 6) is -0.894. The lowest BCUT2D eigenvalue weighted by Gasteiger charge is -2.04. The summed E-state index contributed by atoms with van der Waals surface area (Å²) in [7, 11) is 0. The summed E-state index contributed by atoms with van der Waals surface area (Å²) in [5.41, 5.74) is 3.09. The van der Waals surface area contributed by atoms with Gasteiger partial charge in [0.2, 0.25) is 0 Å². The van der Waals surface area contributed by atoms with Crippen LogP contribution in [0.15, 0.2) is 30.3 Å². The maximum absolute atomic E-state index is 10.5. The quantitative estimate of drug-likeness (QED) is 0.596. The van der Waals surface area contributed by atoms with Gasteiger partial charge in [-0.15, -0.1) is 0 Å². The first-order valence-corrected chi connectivity index (χ1v) is 6.14. The number of benzene rings is 1. The molecule has 0 spiro atoms. The zero-order valence-corrected chi connectivity index (χ0v) is 10.6. The summed E-state index contributed by atoms with van der Waals surface area (Å²) >= 11 is 0. The van der Waals surface area contributed by atoms with Gasteiger partial charge < -0.3 is 5.11 Å². The van der Waals surface area contributed by atoms with E-state index in [2.05, 4.69) is 19.1 Å². The number of carbonyl (C=O) groups is 1. The van der Waals surface area contributed by atoms with Gasteiger partial charge in [0, 0.05) is 6.08 Å². The predicted octanol–water partition coefficient (Wildman–Crippen LogP) is 3.91. The molecule has 0 atom stereocenters. The molecule has 1 rings (SSSR count). The first kappa shape index (κ1) is 13.5. The highest BCUT2D eigenvalue weighted by Crippen LogP contribution is 2.15. The number of hydrogen-bond donors (Lipinski definition) is 1. The van der Waals surface area contributed by atoms with Crippen LogP contribution in [0.4, 0.5) is 0 Å². The molecule has 0 aliphatic rings. The molecule has 1 N–H and O–H groups in total. The highest BCUT2D eigenvalue weighted by atomic mass is 16.4. The average molecular weight is 232 g/mol. The van der Waals surface area contributed by atoms with E-state index in [-0.39, 0.29) is 0 Å². The van der Waals surface area contributed by atoms with Crippen molar-refractivity contribution in [1.82, 2.24) is 0 Å². The Bertz CT molecular complexity index is 388. The lowest BCUT2D eigenvalue weighted by Crippen LogP contribution is -1.91. The molecule has 2 heteroatoms. The van der Waals surface area contributed by atoms with E-state index in [1.54, 1.807) is 0 Å². The van der Waals surface area contributed by atoms with Crippen LogP contribution in [0.2, 0.25) is 0 Å². The third-order valence-corrected chi connectivity index (χ3v) is 2.82. The van der Waals surface area contributed by atoms with Gasteiger partial charge in [0.25, 0.3) is 0 Å². The number of rotatable bonds is 6. The van der Waals surface area contributed by atoms with Crippen LogP contribution in [0, 0.1) is 0 Å². The summed E-state index contributed by atoms with van der Waals surface area (Å²) in [6.45, 7) is 4.02. The summed E-state index contributed by atoms with van der Waals surface area (Å²) in [4.78, 5) is 10.5. The number of hydrogen-bond acceptors (Lipinski definition) is 1. The molecule has 0 radical (unpaired) electrons. The lowest BCUT2D eigenvalue weighted by atomic mass is 10.0. The molecule has 0 saturated carbocycles. The van der Waals surface area contributed by atoms with Gasteiger partial charge in [0.05, 0.1) is 0 Å². The van der Waals surface area contributed by atoms with Gasteiger partial charge in [-0.25, -0.2) is 4.79 Å². The molecular formula is C15H20O2. The zero-order valence-electron chi connectivity index (χ0n) is 10.6. The third-order valence-electron chi connectivity index (χ3n) is 2.82. The fourth-order valence-electron chi connectivity index (χ4n) is 1.78. The van der Waals surface area contributed by atoms with Crippen molar-refractivity contribution in [3.63, 3.8) is 0 Å². The molecule has 0 saturated heterocycles. The molecule has 0 aliphatic heterocycles. The Labute approximate surface area is 103 Å². The van der Waals surface area contributed by atoms with E-state index >= 15 is 0 Å². The van der Waals surface area contributed by atoms with Gasteiger partial charge >= 0.3 is 5.97 Å². The largest absolute Gasteiger partial charge is 0.478 e. The van der Waals surface area contributed by atoms with Crippen LogP contribution < -0.4 is 0 Å². The maximum Gasteiger partial charge on any atom is 0.328 e. The Kier molecular flexibility index (Phi) is 5.47. The molecule has 1 aromatic carbocycles. The van der Waals surface area contributed by atoms with E-state index in [1.807, 2.05) is 19.1 Å². The van der Waals surface area contributed by atoms with Crippen molar-refractivity contribution in [1.29, 1.82) is 0 Å². The molecule has 0 aromatic heterocycles. The Hall–Kier alpha value is -1.57. The summed E-state index contributed by atoms with van der Waals surface area (Å²) in [5, 5.41) is 8.67. The van der Waals surface area contributed by atoms with Gasteiger partial charge in [0.1, 0.15) is 0 Å². The van der Waals surface area contributed by atoms with Crippen LogP contribution >= 0.6 is 0 Å². The number of unbranched alkanes of at least 4 members (excludes halogenated alkanes) is 2. The van der Waals surface area contributed by atoms with Crippen molar-refractivity contribution in [2.24, 2.45) is 0 Å². The van der Waals surface area contributed by atoms with Gasteiger partial charge in [-0.3, -0.25) is 0 Å². The lowest BCUT2D eigenvalue weighted by molar-refractivity contribution is -0.131. The van der Waals surface area contributed by atoms with Gasteiger partial charge in [-0.05, 0) is 36.5 Å². The standard InChI is InChI=1S/C15H20O2/c1-3-4-5-6-13-7-9-14(10-8-13)12(2)11-15(16)17/h7-11H,3-6H2,1-2H3,(H,16,17)/b12-11-. The van der Waals surface area contributed by atoms with Crippen molar-refractivity contribution in [2.45, 2.75) is 39.5 Å². The number of allylic oxidation sites excluding steroid dienone is 1. The highest BCUT2D eigenvalue weighted by molar-refractivity contribution is 5.89. The molecule has 0 bridgehead atoms. The van der Waals surface area contributed by atoms with E-state index in [9.17, 15) is 4.79 Å². The highest BCUT2D eigenvalue weighted by Gasteiger charge is 1.99. The normalized spacial score (nSPS) is 11.5. The minimum absolute atomic E-state index is 0.789. The molecule has 92 valence electrons. The molecule has 0 unspecified atom stereocenters. The zero-order chi connectivity index (χ0) is 12.7. The molecule has 0 heterocycles. The molecule has 2 nitrogen and oxygen atoms in total. The first-order valence-electron chi connectivity index (χ1n) is 6.14. The number of carboxylic acid groups (broad SMARTS) is 1.